The summed E-state index contributed by atoms with van der Waals surface area (Å²) in [6.07, 6.45) is 3.84. The van der Waals surface area contributed by atoms with Crippen LogP contribution in [0.2, 0.25) is 0 Å². The normalized spacial score (nSPS) is 27.5. The molecule has 1 spiro atoms. The molecule has 1 aromatic carbocycles. The van der Waals surface area contributed by atoms with Gasteiger partial charge in [0.25, 0.3) is 0 Å². The lowest BCUT2D eigenvalue weighted by atomic mass is 9.95. The maximum atomic E-state index is 12.9. The third-order valence-electron chi connectivity index (χ3n) is 5.47. The van der Waals surface area contributed by atoms with Crippen LogP contribution >= 0.6 is 0 Å². The van der Waals surface area contributed by atoms with Crippen LogP contribution in [0.3, 0.4) is 0 Å². The lowest BCUT2D eigenvalue weighted by Crippen LogP contribution is -2.39. The quantitative estimate of drug-likeness (QED) is 0.861. The summed E-state index contributed by atoms with van der Waals surface area (Å²) in [6.45, 7) is 2.02. The van der Waals surface area contributed by atoms with E-state index in [1.54, 1.807) is 0 Å². The summed E-state index contributed by atoms with van der Waals surface area (Å²) < 4.78 is 5.49. The van der Waals surface area contributed by atoms with E-state index in [-0.39, 0.29) is 17.9 Å². The van der Waals surface area contributed by atoms with E-state index < -0.39 is 5.60 Å². The van der Waals surface area contributed by atoms with Gasteiger partial charge < -0.3 is 15.0 Å². The van der Waals surface area contributed by atoms with Crippen molar-refractivity contribution in [3.63, 3.8) is 0 Å². The second-order valence-corrected chi connectivity index (χ2v) is 6.98. The minimum Gasteiger partial charge on any atom is -0.441 e. The number of carbonyl (C=O) groups is 2. The van der Waals surface area contributed by atoms with Crippen LogP contribution in [0.1, 0.15) is 30.4 Å². The maximum absolute atomic E-state index is 12.9. The van der Waals surface area contributed by atoms with Crippen molar-refractivity contribution in [2.75, 3.05) is 19.6 Å². The fourth-order valence-corrected chi connectivity index (χ4v) is 4.16. The Balaban J connectivity index is 1.41. The fraction of sp³-hybridized carbons (Fsp3) is 0.556. The van der Waals surface area contributed by atoms with E-state index in [2.05, 4.69) is 17.4 Å². The summed E-state index contributed by atoms with van der Waals surface area (Å²) in [7, 11) is 0. The molecule has 2 amide bonds. The van der Waals surface area contributed by atoms with Crippen LogP contribution < -0.4 is 5.32 Å². The molecule has 1 N–H and O–H groups in total. The first kappa shape index (κ1) is 14.5. The molecule has 3 aliphatic rings. The van der Waals surface area contributed by atoms with Gasteiger partial charge in [0, 0.05) is 25.4 Å². The van der Waals surface area contributed by atoms with E-state index in [0.29, 0.717) is 13.1 Å². The second-order valence-electron chi connectivity index (χ2n) is 6.98. The van der Waals surface area contributed by atoms with Gasteiger partial charge in [-0.3, -0.25) is 4.79 Å². The van der Waals surface area contributed by atoms with Gasteiger partial charge in [0.15, 0.2) is 0 Å². The molecule has 5 nitrogen and oxygen atoms in total. The number of fused-ring (bicyclic) bond motifs is 1. The fourth-order valence-electron chi connectivity index (χ4n) is 4.16. The molecule has 2 fully saturated rings. The van der Waals surface area contributed by atoms with E-state index in [1.165, 1.54) is 11.1 Å². The van der Waals surface area contributed by atoms with Crippen LogP contribution in [-0.2, 0) is 22.4 Å². The zero-order chi connectivity index (χ0) is 15.9. The van der Waals surface area contributed by atoms with Gasteiger partial charge in [0.2, 0.25) is 5.91 Å². The van der Waals surface area contributed by atoms with Crippen molar-refractivity contribution in [3.05, 3.63) is 35.4 Å². The van der Waals surface area contributed by atoms with Crippen LogP contribution in [0, 0.1) is 5.92 Å². The zero-order valence-electron chi connectivity index (χ0n) is 13.2. The van der Waals surface area contributed by atoms with Crippen LogP contribution in [0.5, 0.6) is 0 Å². The zero-order valence-corrected chi connectivity index (χ0v) is 13.2. The summed E-state index contributed by atoms with van der Waals surface area (Å²) in [5.74, 6) is 0.334. The summed E-state index contributed by atoms with van der Waals surface area (Å²) in [4.78, 5) is 26.2. The molecule has 2 saturated heterocycles. The van der Waals surface area contributed by atoms with Crippen molar-refractivity contribution in [1.29, 1.82) is 0 Å². The Bertz CT molecular complexity index is 620. The summed E-state index contributed by atoms with van der Waals surface area (Å²) in [5, 5.41) is 2.75. The minimum absolute atomic E-state index is 0.0747. The van der Waals surface area contributed by atoms with Crippen LogP contribution in [0.4, 0.5) is 4.79 Å². The molecule has 1 aliphatic carbocycles. The number of nitrogens with zero attached hydrogens (tertiary/aromatic N) is 1. The topological polar surface area (TPSA) is 58.6 Å². The number of nitrogens with one attached hydrogen (secondary N) is 1. The SMILES string of the molecule is O=C1NC[C@@]2(CCCN(C(=O)C3Cc4ccccc4C3)CC2)O1. The molecule has 122 valence electrons. The average molecular weight is 314 g/mol. The summed E-state index contributed by atoms with van der Waals surface area (Å²) >= 11 is 0. The lowest BCUT2D eigenvalue weighted by molar-refractivity contribution is -0.135. The van der Waals surface area contributed by atoms with Gasteiger partial charge in [-0.2, -0.15) is 0 Å². The Labute approximate surface area is 136 Å². The molecule has 0 unspecified atom stereocenters. The Hall–Kier alpha value is -2.04. The van der Waals surface area contributed by atoms with Crippen LogP contribution in [-0.4, -0.2) is 42.1 Å². The number of rotatable bonds is 1. The minimum atomic E-state index is -0.398. The number of benzene rings is 1. The molecule has 0 saturated carbocycles. The molecule has 23 heavy (non-hydrogen) atoms. The van der Waals surface area contributed by atoms with Gasteiger partial charge in [-0.1, -0.05) is 24.3 Å². The predicted molar refractivity (Wildman–Crippen MR) is 85.0 cm³/mol. The molecule has 2 aliphatic heterocycles. The number of alkyl carbamates (subject to hydrolysis) is 1. The van der Waals surface area contributed by atoms with Crippen molar-refractivity contribution in [2.24, 2.45) is 5.92 Å². The van der Waals surface area contributed by atoms with Gasteiger partial charge in [-0.25, -0.2) is 4.79 Å². The Morgan fingerprint density at radius 2 is 1.91 bits per heavy atom. The summed E-state index contributed by atoms with van der Waals surface area (Å²) in [5.41, 5.74) is 2.22. The molecular weight excluding hydrogens is 292 g/mol. The number of hydrogen-bond donors (Lipinski definition) is 1. The monoisotopic (exact) mass is 314 g/mol. The van der Waals surface area contributed by atoms with Gasteiger partial charge in [0.05, 0.1) is 6.54 Å². The number of ether oxygens (including phenoxy) is 1. The molecular formula is C18H22N2O3. The Morgan fingerprint density at radius 1 is 1.17 bits per heavy atom. The molecule has 0 aromatic heterocycles. The average Bonchev–Trinajstić information content (AvgIpc) is 3.07. The van der Waals surface area contributed by atoms with Crippen molar-refractivity contribution >= 4 is 12.0 Å². The largest absolute Gasteiger partial charge is 0.441 e. The Kier molecular flexibility index (Phi) is 3.51. The smallest absolute Gasteiger partial charge is 0.407 e. The number of carbonyl (C=O) groups excluding carboxylic acids is 2. The molecule has 1 aromatic rings. The van der Waals surface area contributed by atoms with Crippen molar-refractivity contribution in [2.45, 2.75) is 37.7 Å². The van der Waals surface area contributed by atoms with Crippen molar-refractivity contribution in [3.8, 4) is 0 Å². The van der Waals surface area contributed by atoms with E-state index in [4.69, 9.17) is 4.74 Å². The second kappa shape index (κ2) is 5.55. The molecule has 4 rings (SSSR count). The standard InChI is InChI=1S/C18H22N2O3/c21-16(15-10-13-4-1-2-5-14(13)11-15)20-8-3-6-18(7-9-20)12-19-17(22)23-18/h1-2,4-5,15H,3,6-12H2,(H,19,22)/t18-/m0/s1. The number of hydrogen-bond acceptors (Lipinski definition) is 3. The first-order valence-corrected chi connectivity index (χ1v) is 8.48. The number of likely N-dealkylation sites (tertiary alicyclic amines) is 1. The first-order valence-electron chi connectivity index (χ1n) is 8.48. The third kappa shape index (κ3) is 2.69. The third-order valence-corrected chi connectivity index (χ3v) is 5.47. The molecule has 0 bridgehead atoms. The van der Waals surface area contributed by atoms with Crippen LogP contribution in [0.25, 0.3) is 0 Å². The predicted octanol–water partition coefficient (Wildman–Crippen LogP) is 1.89. The van der Waals surface area contributed by atoms with E-state index in [0.717, 1.165) is 38.6 Å². The van der Waals surface area contributed by atoms with Gasteiger partial charge >= 0.3 is 6.09 Å². The molecule has 5 heteroatoms. The summed E-state index contributed by atoms with van der Waals surface area (Å²) in [6, 6.07) is 8.35. The first-order chi connectivity index (χ1) is 11.2. The maximum Gasteiger partial charge on any atom is 0.407 e. The van der Waals surface area contributed by atoms with E-state index in [1.807, 2.05) is 17.0 Å². The molecule has 2 heterocycles. The van der Waals surface area contributed by atoms with Crippen molar-refractivity contribution in [1.82, 2.24) is 10.2 Å². The van der Waals surface area contributed by atoms with Crippen LogP contribution in [0.15, 0.2) is 24.3 Å². The highest BCUT2D eigenvalue weighted by atomic mass is 16.6. The van der Waals surface area contributed by atoms with Gasteiger partial charge in [-0.15, -0.1) is 0 Å². The van der Waals surface area contributed by atoms with E-state index >= 15 is 0 Å². The lowest BCUT2D eigenvalue weighted by Gasteiger charge is -2.26. The molecule has 0 radical (unpaired) electrons. The van der Waals surface area contributed by atoms with Crippen molar-refractivity contribution < 1.29 is 14.3 Å². The highest BCUT2D eigenvalue weighted by molar-refractivity contribution is 5.80. The Morgan fingerprint density at radius 3 is 2.57 bits per heavy atom. The highest BCUT2D eigenvalue weighted by Crippen LogP contribution is 2.32. The molecule has 1 atom stereocenters. The number of amides is 2. The van der Waals surface area contributed by atoms with Gasteiger partial charge in [0.1, 0.15) is 5.60 Å². The van der Waals surface area contributed by atoms with Gasteiger partial charge in [-0.05, 0) is 36.8 Å². The highest BCUT2D eigenvalue weighted by Gasteiger charge is 2.42. The van der Waals surface area contributed by atoms with E-state index in [9.17, 15) is 9.59 Å².